The van der Waals surface area contributed by atoms with Gasteiger partial charge in [0.15, 0.2) is 0 Å². The maximum Gasteiger partial charge on any atom is 0.310 e. The number of hydrogen-bond acceptors (Lipinski definition) is 4. The Morgan fingerprint density at radius 2 is 1.83 bits per heavy atom. The Morgan fingerprint density at radius 3 is 2.65 bits per heavy atom. The van der Waals surface area contributed by atoms with Crippen molar-refractivity contribution in [3.05, 3.63) is 82.2 Å². The van der Waals surface area contributed by atoms with Crippen LogP contribution in [-0.2, 0) is 22.4 Å². The lowest BCUT2D eigenvalue weighted by molar-refractivity contribution is -0.151. The number of piperidine rings is 3. The summed E-state index contributed by atoms with van der Waals surface area (Å²) in [7, 11) is 3.74. The van der Waals surface area contributed by atoms with Gasteiger partial charge in [0.1, 0.15) is 0 Å². The average Bonchev–Trinajstić information content (AvgIpc) is 3.60. The number of allylic oxidation sites excluding steroid dienone is 1. The fourth-order valence-electron chi connectivity index (χ4n) is 11.2. The number of hydrogen-bond donors (Lipinski definition) is 2. The Kier molecular flexibility index (Phi) is 6.80. The van der Waals surface area contributed by atoms with Crippen molar-refractivity contribution in [2.45, 2.75) is 76.3 Å². The summed E-state index contributed by atoms with van der Waals surface area (Å²) >= 11 is 0. The quantitative estimate of drug-likeness (QED) is 0.190. The average molecular weight is 617 g/mol. The van der Waals surface area contributed by atoms with Crippen LogP contribution in [0.25, 0.3) is 21.8 Å². The van der Waals surface area contributed by atoms with Crippen molar-refractivity contribution < 1.29 is 9.53 Å². The lowest BCUT2D eigenvalue weighted by Crippen LogP contribution is -2.56. The van der Waals surface area contributed by atoms with Crippen molar-refractivity contribution in [3.63, 3.8) is 0 Å². The van der Waals surface area contributed by atoms with E-state index in [1.807, 2.05) is 0 Å². The maximum absolute atomic E-state index is 13.6. The molecule has 6 heterocycles. The smallest absolute Gasteiger partial charge is 0.310 e. The minimum Gasteiger partial charge on any atom is -0.469 e. The van der Waals surface area contributed by atoms with Crippen LogP contribution in [0.2, 0.25) is 0 Å². The highest BCUT2D eigenvalue weighted by Crippen LogP contribution is 2.52. The molecule has 2 aliphatic carbocycles. The van der Waals surface area contributed by atoms with Crippen LogP contribution in [0.5, 0.6) is 0 Å². The van der Waals surface area contributed by atoms with Crippen LogP contribution in [-0.4, -0.2) is 71.6 Å². The van der Waals surface area contributed by atoms with Gasteiger partial charge in [0, 0.05) is 76.7 Å². The van der Waals surface area contributed by atoms with Gasteiger partial charge >= 0.3 is 5.97 Å². The summed E-state index contributed by atoms with van der Waals surface area (Å²) in [4.78, 5) is 26.9. The number of nitrogens with one attached hydrogen (secondary N) is 2. The van der Waals surface area contributed by atoms with E-state index < -0.39 is 0 Å². The van der Waals surface area contributed by atoms with Gasteiger partial charge in [-0.05, 0) is 92.7 Å². The molecule has 2 aromatic carbocycles. The van der Waals surface area contributed by atoms with E-state index in [9.17, 15) is 4.79 Å². The first kappa shape index (κ1) is 28.8. The molecule has 4 aromatic rings. The second-order valence-electron chi connectivity index (χ2n) is 15.2. The number of carbonyl (C=O) groups excluding carboxylic acids is 1. The van der Waals surface area contributed by atoms with Gasteiger partial charge in [0.2, 0.25) is 0 Å². The molecule has 1 unspecified atom stereocenters. The Morgan fingerprint density at radius 1 is 1.00 bits per heavy atom. The minimum absolute atomic E-state index is 0.0762. The highest BCUT2D eigenvalue weighted by molar-refractivity contribution is 5.88. The number of para-hydroxylation sites is 1. The number of ether oxygens (including phenoxy) is 1. The molecular weight excluding hydrogens is 568 g/mol. The van der Waals surface area contributed by atoms with E-state index in [1.165, 1.54) is 82.2 Å². The molecule has 6 heteroatoms. The topological polar surface area (TPSA) is 64.4 Å². The van der Waals surface area contributed by atoms with Crippen molar-refractivity contribution in [1.29, 1.82) is 0 Å². The fourth-order valence-corrected chi connectivity index (χ4v) is 11.2. The van der Waals surface area contributed by atoms with Crippen molar-refractivity contribution >= 4 is 27.8 Å². The van der Waals surface area contributed by atoms with E-state index >= 15 is 0 Å². The third-order valence-corrected chi connectivity index (χ3v) is 13.2. The number of benzene rings is 2. The summed E-state index contributed by atoms with van der Waals surface area (Å²) in [5, 5.41) is 2.70. The second-order valence-corrected chi connectivity index (χ2v) is 15.2. The van der Waals surface area contributed by atoms with E-state index in [1.54, 1.807) is 12.7 Å². The van der Waals surface area contributed by atoms with Crippen LogP contribution >= 0.6 is 0 Å². The van der Waals surface area contributed by atoms with Gasteiger partial charge in [0.25, 0.3) is 0 Å². The van der Waals surface area contributed by atoms with Gasteiger partial charge in [0.05, 0.1) is 13.0 Å². The number of H-pyrrole nitrogens is 2. The first-order valence-corrected chi connectivity index (χ1v) is 17.9. The molecule has 6 bridgehead atoms. The predicted octanol–water partition coefficient (Wildman–Crippen LogP) is 7.15. The lowest BCUT2D eigenvalue weighted by atomic mass is 9.65. The fraction of sp³-hybridized carbons (Fsp3) is 0.525. The van der Waals surface area contributed by atoms with Crippen LogP contribution in [0.4, 0.5) is 0 Å². The Balaban J connectivity index is 1.19. The van der Waals surface area contributed by atoms with E-state index in [4.69, 9.17) is 4.74 Å². The molecule has 2 N–H and O–H groups in total. The highest BCUT2D eigenvalue weighted by Gasteiger charge is 2.49. The molecule has 0 amide bonds. The zero-order chi connectivity index (χ0) is 31.3. The molecule has 2 aromatic heterocycles. The zero-order valence-electron chi connectivity index (χ0n) is 27.8. The monoisotopic (exact) mass is 616 g/mol. The SMILES string of the molecule is CC=C1CN(C)[C@@H]2Cc3c([nH]c4ccccc34)[C@@H](c3ccc4c5c([nH]c4c3)[C@@H]3C[C@H]4C[C@H](CC)[C@@H]3N(CC5)C4)C[C@H]1[C@@H]2C(=O)OC. The predicted molar refractivity (Wildman–Crippen MR) is 184 cm³/mol. The third-order valence-electron chi connectivity index (χ3n) is 13.2. The molecule has 240 valence electrons. The molecule has 6 aliphatic rings. The zero-order valence-corrected chi connectivity index (χ0v) is 27.8. The van der Waals surface area contributed by atoms with E-state index in [-0.39, 0.29) is 29.8 Å². The number of esters is 1. The number of aromatic nitrogens is 2. The number of methoxy groups -OCH3 is 1. The molecule has 3 saturated heterocycles. The first-order valence-electron chi connectivity index (χ1n) is 17.9. The highest BCUT2D eigenvalue weighted by atomic mass is 16.5. The van der Waals surface area contributed by atoms with Crippen molar-refractivity contribution in [2.75, 3.05) is 33.8 Å². The van der Waals surface area contributed by atoms with Gasteiger partial charge in [-0.1, -0.05) is 55.3 Å². The number of nitrogens with zero attached hydrogens (tertiary/aromatic N) is 2. The van der Waals surface area contributed by atoms with Crippen LogP contribution < -0.4 is 0 Å². The Bertz CT molecular complexity index is 1870. The molecule has 4 aliphatic heterocycles. The lowest BCUT2D eigenvalue weighted by Gasteiger charge is -2.53. The van der Waals surface area contributed by atoms with Crippen molar-refractivity contribution in [1.82, 2.24) is 19.8 Å². The standard InChI is InChI=1S/C40H48N4O2/c1-5-23-15-22-16-32-37-28(13-14-44(20-22)39(23)32)27-12-11-25(17-34(27)42-37)30-18-29-24(6-2)21-43(3)35(36(29)40(45)46-4)19-31-26-9-7-8-10-33(26)41-38(30)31/h6-12,17,22-23,29-30,32,35-36,39,41-42H,5,13-16,18-21H2,1-4H3/t22-,23+,29-,30-,32+,35-,36+,39+/m1/s1. The van der Waals surface area contributed by atoms with Crippen molar-refractivity contribution in [3.8, 4) is 0 Å². The molecule has 6 nitrogen and oxygen atoms in total. The van der Waals surface area contributed by atoms with E-state index in [0.29, 0.717) is 12.0 Å². The summed E-state index contributed by atoms with van der Waals surface area (Å²) in [5.41, 5.74) is 11.0. The van der Waals surface area contributed by atoms with Crippen LogP contribution in [0.1, 0.15) is 79.4 Å². The van der Waals surface area contributed by atoms with Gasteiger partial charge in [-0.3, -0.25) is 14.6 Å². The van der Waals surface area contributed by atoms with E-state index in [0.717, 1.165) is 37.6 Å². The molecule has 0 spiro atoms. The third kappa shape index (κ3) is 4.18. The molecule has 9 atom stereocenters. The largest absolute Gasteiger partial charge is 0.469 e. The van der Waals surface area contributed by atoms with Gasteiger partial charge in [-0.25, -0.2) is 0 Å². The van der Waals surface area contributed by atoms with E-state index in [2.05, 4.69) is 89.2 Å². The van der Waals surface area contributed by atoms with Gasteiger partial charge in [-0.2, -0.15) is 0 Å². The molecular formula is C40H48N4O2. The van der Waals surface area contributed by atoms with Gasteiger partial charge in [-0.15, -0.1) is 0 Å². The summed E-state index contributed by atoms with van der Waals surface area (Å²) < 4.78 is 5.54. The first-order chi connectivity index (χ1) is 22.5. The number of fused-ring (bicyclic) bond motifs is 9. The number of aromatic amines is 2. The maximum atomic E-state index is 13.6. The van der Waals surface area contributed by atoms with Crippen LogP contribution in [0.15, 0.2) is 54.1 Å². The molecule has 10 rings (SSSR count). The molecule has 1 saturated carbocycles. The normalized spacial score (nSPS) is 34.6. The van der Waals surface area contributed by atoms with Gasteiger partial charge < -0.3 is 14.7 Å². The summed E-state index contributed by atoms with van der Waals surface area (Å²) in [6, 6.07) is 16.8. The van der Waals surface area contributed by atoms with Crippen LogP contribution in [0, 0.1) is 23.7 Å². The number of likely N-dealkylation sites (tertiary alicyclic amines) is 1. The van der Waals surface area contributed by atoms with Crippen LogP contribution in [0.3, 0.4) is 0 Å². The molecule has 4 fully saturated rings. The molecule has 46 heavy (non-hydrogen) atoms. The minimum atomic E-state index is -0.194. The second kappa shape index (κ2) is 10.8. The molecule has 0 radical (unpaired) electrons. The number of rotatable bonds is 3. The van der Waals surface area contributed by atoms with Crippen molar-refractivity contribution in [2.24, 2.45) is 23.7 Å². The summed E-state index contributed by atoms with van der Waals surface area (Å²) in [6.45, 7) is 7.93. The number of likely N-dealkylation sites (N-methyl/N-ethyl adjacent to an activating group) is 1. The summed E-state index contributed by atoms with van der Waals surface area (Å²) in [6.07, 6.45) is 9.16. The Labute approximate surface area is 272 Å². The number of carbonyl (C=O) groups is 1. The Hall–Kier alpha value is -3.35. The summed E-state index contributed by atoms with van der Waals surface area (Å²) in [5.74, 6) is 2.30.